The third-order valence-corrected chi connectivity index (χ3v) is 3.31. The van der Waals surface area contributed by atoms with Crippen molar-refractivity contribution < 1.29 is 14.3 Å². The Labute approximate surface area is 126 Å². The Kier molecular flexibility index (Phi) is 6.28. The van der Waals surface area contributed by atoms with E-state index in [1.54, 1.807) is 12.2 Å². The normalized spacial score (nSPS) is 18.0. The SMILES string of the molecule is CCCOc1ccc(/C=C/C(=O)NC[C@@H]2CCCO2)cc1. The molecule has 0 saturated carbocycles. The Morgan fingerprint density at radius 2 is 2.24 bits per heavy atom. The van der Waals surface area contributed by atoms with E-state index < -0.39 is 0 Å². The van der Waals surface area contributed by atoms with Crippen molar-refractivity contribution >= 4 is 12.0 Å². The summed E-state index contributed by atoms with van der Waals surface area (Å²) in [6, 6.07) is 7.71. The van der Waals surface area contributed by atoms with Gasteiger partial charge < -0.3 is 14.8 Å². The highest BCUT2D eigenvalue weighted by Gasteiger charge is 2.15. The minimum Gasteiger partial charge on any atom is -0.494 e. The minimum atomic E-state index is -0.0863. The van der Waals surface area contributed by atoms with Crippen molar-refractivity contribution in [3.8, 4) is 5.75 Å². The van der Waals surface area contributed by atoms with Gasteiger partial charge in [0.2, 0.25) is 5.91 Å². The largest absolute Gasteiger partial charge is 0.494 e. The minimum absolute atomic E-state index is 0.0863. The Hall–Kier alpha value is -1.81. The van der Waals surface area contributed by atoms with E-state index in [9.17, 15) is 4.79 Å². The van der Waals surface area contributed by atoms with Crippen molar-refractivity contribution in [2.75, 3.05) is 19.8 Å². The van der Waals surface area contributed by atoms with Gasteiger partial charge in [0.25, 0.3) is 0 Å². The predicted molar refractivity (Wildman–Crippen MR) is 83.2 cm³/mol. The fraction of sp³-hybridized carbons (Fsp3) is 0.471. The molecule has 0 aromatic heterocycles. The molecule has 1 amide bonds. The van der Waals surface area contributed by atoms with Crippen LogP contribution in [-0.2, 0) is 9.53 Å². The van der Waals surface area contributed by atoms with Crippen molar-refractivity contribution in [3.63, 3.8) is 0 Å². The lowest BCUT2D eigenvalue weighted by Gasteiger charge is -2.08. The van der Waals surface area contributed by atoms with Crippen molar-refractivity contribution in [1.82, 2.24) is 5.32 Å². The summed E-state index contributed by atoms with van der Waals surface area (Å²) in [5, 5.41) is 2.86. The highest BCUT2D eigenvalue weighted by molar-refractivity contribution is 5.91. The molecule has 1 aromatic carbocycles. The van der Waals surface area contributed by atoms with Gasteiger partial charge in [0.1, 0.15) is 5.75 Å². The highest BCUT2D eigenvalue weighted by atomic mass is 16.5. The predicted octanol–water partition coefficient (Wildman–Crippen LogP) is 2.78. The number of hydrogen-bond acceptors (Lipinski definition) is 3. The maximum absolute atomic E-state index is 11.7. The van der Waals surface area contributed by atoms with Gasteiger partial charge in [-0.15, -0.1) is 0 Å². The molecular weight excluding hydrogens is 266 g/mol. The first-order valence-corrected chi connectivity index (χ1v) is 7.58. The monoisotopic (exact) mass is 289 g/mol. The number of carbonyl (C=O) groups is 1. The van der Waals surface area contributed by atoms with Crippen molar-refractivity contribution in [1.29, 1.82) is 0 Å². The van der Waals surface area contributed by atoms with Gasteiger partial charge in [-0.1, -0.05) is 19.1 Å². The summed E-state index contributed by atoms with van der Waals surface area (Å²) in [7, 11) is 0. The number of carbonyl (C=O) groups excluding carboxylic acids is 1. The van der Waals surface area contributed by atoms with Gasteiger partial charge >= 0.3 is 0 Å². The van der Waals surface area contributed by atoms with E-state index in [1.807, 2.05) is 24.3 Å². The summed E-state index contributed by atoms with van der Waals surface area (Å²) < 4.78 is 11.0. The van der Waals surface area contributed by atoms with Gasteiger partial charge in [0.05, 0.1) is 12.7 Å². The van der Waals surface area contributed by atoms with Crippen LogP contribution < -0.4 is 10.1 Å². The molecule has 0 unspecified atom stereocenters. The molecule has 0 bridgehead atoms. The third kappa shape index (κ3) is 5.60. The van der Waals surface area contributed by atoms with Crippen LogP contribution in [0.2, 0.25) is 0 Å². The second-order valence-electron chi connectivity index (χ2n) is 5.13. The summed E-state index contributed by atoms with van der Waals surface area (Å²) in [6.07, 6.45) is 6.64. The number of amides is 1. The first-order valence-electron chi connectivity index (χ1n) is 7.58. The van der Waals surface area contributed by atoms with Crippen LogP contribution in [0.5, 0.6) is 5.75 Å². The molecule has 1 N–H and O–H groups in total. The van der Waals surface area contributed by atoms with Crippen LogP contribution in [-0.4, -0.2) is 31.8 Å². The zero-order chi connectivity index (χ0) is 14.9. The van der Waals surface area contributed by atoms with Crippen LogP contribution in [0.3, 0.4) is 0 Å². The molecule has 1 heterocycles. The van der Waals surface area contributed by atoms with Gasteiger partial charge in [0.15, 0.2) is 0 Å². The molecule has 1 aliphatic rings. The Morgan fingerprint density at radius 3 is 2.90 bits per heavy atom. The molecule has 0 aliphatic carbocycles. The van der Waals surface area contributed by atoms with Crippen molar-refractivity contribution in [2.45, 2.75) is 32.3 Å². The third-order valence-electron chi connectivity index (χ3n) is 3.31. The zero-order valence-corrected chi connectivity index (χ0v) is 12.5. The second kappa shape index (κ2) is 8.47. The van der Waals surface area contributed by atoms with Crippen molar-refractivity contribution in [2.24, 2.45) is 0 Å². The van der Waals surface area contributed by atoms with E-state index in [0.717, 1.165) is 43.8 Å². The number of nitrogens with one attached hydrogen (secondary N) is 1. The molecular formula is C17H23NO3. The molecule has 1 atom stereocenters. The Balaban J connectivity index is 1.75. The number of hydrogen-bond donors (Lipinski definition) is 1. The molecule has 1 aromatic rings. The van der Waals surface area contributed by atoms with Gasteiger partial charge in [-0.25, -0.2) is 0 Å². The van der Waals surface area contributed by atoms with E-state index in [2.05, 4.69) is 12.2 Å². The Bertz CT molecular complexity index is 461. The van der Waals surface area contributed by atoms with Crippen LogP contribution in [0.25, 0.3) is 6.08 Å². The topological polar surface area (TPSA) is 47.6 Å². The van der Waals surface area contributed by atoms with E-state index >= 15 is 0 Å². The average Bonchev–Trinajstić information content (AvgIpc) is 3.03. The molecule has 1 fully saturated rings. The molecule has 4 nitrogen and oxygen atoms in total. The van der Waals surface area contributed by atoms with Gasteiger partial charge in [0, 0.05) is 19.2 Å². The molecule has 1 saturated heterocycles. The lowest BCUT2D eigenvalue weighted by molar-refractivity contribution is -0.116. The quantitative estimate of drug-likeness (QED) is 0.785. The highest BCUT2D eigenvalue weighted by Crippen LogP contribution is 2.13. The zero-order valence-electron chi connectivity index (χ0n) is 12.5. The van der Waals surface area contributed by atoms with Crippen molar-refractivity contribution in [3.05, 3.63) is 35.9 Å². The van der Waals surface area contributed by atoms with Gasteiger partial charge in [-0.2, -0.15) is 0 Å². The summed E-state index contributed by atoms with van der Waals surface area (Å²) >= 11 is 0. The maximum Gasteiger partial charge on any atom is 0.244 e. The standard InChI is InChI=1S/C17H23NO3/c1-2-11-20-15-8-5-14(6-9-15)7-10-17(19)18-13-16-4-3-12-21-16/h5-10,16H,2-4,11-13H2,1H3,(H,18,19)/b10-7+/t16-/m0/s1. The van der Waals surface area contributed by atoms with Gasteiger partial charge in [-0.05, 0) is 43.0 Å². The summed E-state index contributed by atoms with van der Waals surface area (Å²) in [4.78, 5) is 11.7. The van der Waals surface area contributed by atoms with E-state index in [1.165, 1.54) is 0 Å². The second-order valence-corrected chi connectivity index (χ2v) is 5.13. The lowest BCUT2D eigenvalue weighted by atomic mass is 10.2. The van der Waals surface area contributed by atoms with E-state index in [4.69, 9.17) is 9.47 Å². The Morgan fingerprint density at radius 1 is 1.43 bits per heavy atom. The fourth-order valence-electron chi connectivity index (χ4n) is 2.15. The number of ether oxygens (including phenoxy) is 2. The average molecular weight is 289 g/mol. The van der Waals surface area contributed by atoms with Crippen LogP contribution in [0, 0.1) is 0 Å². The number of rotatable bonds is 7. The summed E-state index contributed by atoms with van der Waals surface area (Å²) in [5.74, 6) is 0.772. The fourth-order valence-corrected chi connectivity index (χ4v) is 2.15. The maximum atomic E-state index is 11.7. The molecule has 1 aliphatic heterocycles. The van der Waals surface area contributed by atoms with Crippen LogP contribution >= 0.6 is 0 Å². The molecule has 114 valence electrons. The first kappa shape index (κ1) is 15.6. The molecule has 0 radical (unpaired) electrons. The number of benzene rings is 1. The molecule has 2 rings (SSSR count). The molecule has 21 heavy (non-hydrogen) atoms. The smallest absolute Gasteiger partial charge is 0.244 e. The van der Waals surface area contributed by atoms with E-state index in [-0.39, 0.29) is 12.0 Å². The molecule has 4 heteroatoms. The van der Waals surface area contributed by atoms with E-state index in [0.29, 0.717) is 6.54 Å². The molecule has 0 spiro atoms. The van der Waals surface area contributed by atoms with Crippen LogP contribution in [0.1, 0.15) is 31.7 Å². The summed E-state index contributed by atoms with van der Waals surface area (Å²) in [5.41, 5.74) is 0.978. The van der Waals surface area contributed by atoms with Crippen LogP contribution in [0.15, 0.2) is 30.3 Å². The van der Waals surface area contributed by atoms with Gasteiger partial charge in [-0.3, -0.25) is 4.79 Å². The lowest BCUT2D eigenvalue weighted by Crippen LogP contribution is -2.30. The summed E-state index contributed by atoms with van der Waals surface area (Å²) in [6.45, 7) is 4.20. The van der Waals surface area contributed by atoms with Crippen LogP contribution in [0.4, 0.5) is 0 Å². The first-order chi connectivity index (χ1) is 10.3.